The van der Waals surface area contributed by atoms with Gasteiger partial charge in [0, 0.05) is 10.1 Å². The van der Waals surface area contributed by atoms with E-state index >= 15 is 0 Å². The minimum Gasteiger partial charge on any atom is -0.319 e. The maximum absolute atomic E-state index is 13.5. The van der Waals surface area contributed by atoms with Gasteiger partial charge in [0.05, 0.1) is 10.7 Å². The molecule has 0 aliphatic carbocycles. The summed E-state index contributed by atoms with van der Waals surface area (Å²) in [6.45, 7) is 0. The summed E-state index contributed by atoms with van der Waals surface area (Å²) < 4.78 is 27.4. The molecule has 0 saturated carbocycles. The molecule has 1 amide bonds. The first-order chi connectivity index (χ1) is 10.1. The molecule has 0 bridgehead atoms. The second kappa shape index (κ2) is 5.42. The van der Waals surface area contributed by atoms with E-state index in [2.05, 4.69) is 5.32 Å². The fourth-order valence-electron chi connectivity index (χ4n) is 1.93. The molecule has 0 spiro atoms. The van der Waals surface area contributed by atoms with Crippen molar-refractivity contribution in [1.82, 2.24) is 0 Å². The molecular weight excluding hydrogens is 316 g/mol. The predicted molar refractivity (Wildman–Crippen MR) is 81.1 cm³/mol. The number of para-hydroxylation sites is 1. The lowest BCUT2D eigenvalue weighted by Crippen LogP contribution is -2.11. The minimum atomic E-state index is -0.533. The summed E-state index contributed by atoms with van der Waals surface area (Å²) in [4.78, 5) is 12.4. The van der Waals surface area contributed by atoms with Gasteiger partial charge in [0.15, 0.2) is 0 Å². The van der Waals surface area contributed by atoms with Gasteiger partial charge in [-0.1, -0.05) is 23.7 Å². The molecule has 1 heterocycles. The Morgan fingerprint density at radius 3 is 2.67 bits per heavy atom. The molecular formula is C15H8ClF2NOS. The van der Waals surface area contributed by atoms with Crippen LogP contribution in [0.4, 0.5) is 14.5 Å². The molecule has 3 aromatic rings. The number of carbonyl (C=O) groups is 1. The fourth-order valence-corrected chi connectivity index (χ4v) is 3.31. The maximum Gasteiger partial charge on any atom is 0.267 e. The van der Waals surface area contributed by atoms with Crippen molar-refractivity contribution in [3.63, 3.8) is 0 Å². The molecule has 0 aliphatic heterocycles. The third kappa shape index (κ3) is 2.62. The number of hydrogen-bond donors (Lipinski definition) is 1. The van der Waals surface area contributed by atoms with Crippen molar-refractivity contribution in [2.24, 2.45) is 0 Å². The highest BCUT2D eigenvalue weighted by molar-refractivity contribution is 7.21. The van der Waals surface area contributed by atoms with Crippen LogP contribution in [0.2, 0.25) is 5.02 Å². The summed E-state index contributed by atoms with van der Waals surface area (Å²) >= 11 is 7.25. The van der Waals surface area contributed by atoms with Crippen LogP contribution in [0.25, 0.3) is 10.1 Å². The number of nitrogens with one attached hydrogen (secondary N) is 1. The van der Waals surface area contributed by atoms with Gasteiger partial charge in [-0.3, -0.25) is 4.79 Å². The van der Waals surface area contributed by atoms with Crippen LogP contribution in [0.5, 0.6) is 0 Å². The van der Waals surface area contributed by atoms with E-state index in [4.69, 9.17) is 11.6 Å². The predicted octanol–water partition coefficient (Wildman–Crippen LogP) is 5.09. The Morgan fingerprint density at radius 2 is 1.90 bits per heavy atom. The number of hydrogen-bond acceptors (Lipinski definition) is 2. The van der Waals surface area contributed by atoms with Crippen molar-refractivity contribution in [3.8, 4) is 0 Å². The summed E-state index contributed by atoms with van der Waals surface area (Å²) in [7, 11) is 0. The number of fused-ring (bicyclic) bond motifs is 1. The Labute approximate surface area is 128 Å². The standard InChI is InChI=1S/C15H8ClF2NOS/c16-13-9-7-8(17)5-6-12(9)21-14(13)15(20)19-11-4-2-1-3-10(11)18/h1-7H,(H,19,20). The molecule has 0 aliphatic rings. The first-order valence-electron chi connectivity index (χ1n) is 5.99. The third-order valence-electron chi connectivity index (χ3n) is 2.92. The largest absolute Gasteiger partial charge is 0.319 e. The summed E-state index contributed by atoms with van der Waals surface area (Å²) in [6, 6.07) is 9.97. The molecule has 0 atom stereocenters. The minimum absolute atomic E-state index is 0.0715. The second-order valence-electron chi connectivity index (χ2n) is 4.32. The monoisotopic (exact) mass is 323 g/mol. The van der Waals surface area contributed by atoms with Crippen molar-refractivity contribution in [2.45, 2.75) is 0 Å². The van der Waals surface area contributed by atoms with E-state index in [-0.39, 0.29) is 15.6 Å². The number of halogens is 3. The van der Waals surface area contributed by atoms with E-state index in [1.54, 1.807) is 12.1 Å². The van der Waals surface area contributed by atoms with E-state index in [1.165, 1.54) is 30.3 Å². The van der Waals surface area contributed by atoms with Gasteiger partial charge in [0.1, 0.15) is 16.5 Å². The number of amides is 1. The summed E-state index contributed by atoms with van der Waals surface area (Å²) in [5.74, 6) is -1.48. The molecule has 0 radical (unpaired) electrons. The molecule has 0 saturated heterocycles. The first kappa shape index (κ1) is 14.0. The molecule has 2 nitrogen and oxygen atoms in total. The van der Waals surface area contributed by atoms with Gasteiger partial charge in [-0.25, -0.2) is 8.78 Å². The zero-order valence-electron chi connectivity index (χ0n) is 10.5. The fraction of sp³-hybridized carbons (Fsp3) is 0. The van der Waals surface area contributed by atoms with Crippen LogP contribution < -0.4 is 5.32 Å². The van der Waals surface area contributed by atoms with Gasteiger partial charge in [0.2, 0.25) is 0 Å². The number of rotatable bonds is 2. The van der Waals surface area contributed by atoms with Crippen LogP contribution in [0, 0.1) is 11.6 Å². The highest BCUT2D eigenvalue weighted by atomic mass is 35.5. The second-order valence-corrected chi connectivity index (χ2v) is 5.75. The Bertz CT molecular complexity index is 847. The van der Waals surface area contributed by atoms with Crippen molar-refractivity contribution in [1.29, 1.82) is 0 Å². The molecule has 2 aromatic carbocycles. The molecule has 1 N–H and O–H groups in total. The van der Waals surface area contributed by atoms with E-state index in [0.717, 1.165) is 11.3 Å². The normalized spacial score (nSPS) is 10.8. The lowest BCUT2D eigenvalue weighted by atomic mass is 10.2. The average Bonchev–Trinajstić information content (AvgIpc) is 2.79. The molecule has 0 unspecified atom stereocenters. The van der Waals surface area contributed by atoms with Crippen LogP contribution in [0.1, 0.15) is 9.67 Å². The molecule has 6 heteroatoms. The Balaban J connectivity index is 1.99. The van der Waals surface area contributed by atoms with Gasteiger partial charge in [-0.15, -0.1) is 11.3 Å². The lowest BCUT2D eigenvalue weighted by molar-refractivity contribution is 0.103. The van der Waals surface area contributed by atoms with Gasteiger partial charge in [0.25, 0.3) is 5.91 Å². The molecule has 106 valence electrons. The summed E-state index contributed by atoms with van der Waals surface area (Å²) in [5.41, 5.74) is 0.0715. The van der Waals surface area contributed by atoms with Crippen LogP contribution in [0.15, 0.2) is 42.5 Å². The number of anilines is 1. The lowest BCUT2D eigenvalue weighted by Gasteiger charge is -2.04. The summed E-state index contributed by atoms with van der Waals surface area (Å²) in [6.07, 6.45) is 0. The first-order valence-corrected chi connectivity index (χ1v) is 7.19. The zero-order chi connectivity index (χ0) is 15.0. The smallest absolute Gasteiger partial charge is 0.267 e. The van der Waals surface area contributed by atoms with Crippen LogP contribution in [-0.2, 0) is 0 Å². The van der Waals surface area contributed by atoms with Gasteiger partial charge < -0.3 is 5.32 Å². The molecule has 21 heavy (non-hydrogen) atoms. The van der Waals surface area contributed by atoms with Crippen LogP contribution in [0.3, 0.4) is 0 Å². The Morgan fingerprint density at radius 1 is 1.14 bits per heavy atom. The highest BCUT2D eigenvalue weighted by Crippen LogP contribution is 2.36. The summed E-state index contributed by atoms with van der Waals surface area (Å²) in [5, 5.41) is 3.10. The van der Waals surface area contributed by atoms with Crippen molar-refractivity contribution in [2.75, 3.05) is 5.32 Å². The maximum atomic E-state index is 13.5. The van der Waals surface area contributed by atoms with E-state index in [0.29, 0.717) is 10.1 Å². The van der Waals surface area contributed by atoms with E-state index in [1.807, 2.05) is 0 Å². The topological polar surface area (TPSA) is 29.1 Å². The molecule has 1 aromatic heterocycles. The zero-order valence-corrected chi connectivity index (χ0v) is 12.1. The Kier molecular flexibility index (Phi) is 3.61. The highest BCUT2D eigenvalue weighted by Gasteiger charge is 2.18. The van der Waals surface area contributed by atoms with Gasteiger partial charge >= 0.3 is 0 Å². The third-order valence-corrected chi connectivity index (χ3v) is 4.59. The molecule has 3 rings (SSSR count). The van der Waals surface area contributed by atoms with E-state index < -0.39 is 17.5 Å². The Hall–Kier alpha value is -1.98. The average molecular weight is 324 g/mol. The SMILES string of the molecule is O=C(Nc1ccccc1F)c1sc2ccc(F)cc2c1Cl. The number of thiophene rings is 1. The van der Waals surface area contributed by atoms with Gasteiger partial charge in [-0.2, -0.15) is 0 Å². The molecule has 0 fully saturated rings. The quantitative estimate of drug-likeness (QED) is 0.699. The van der Waals surface area contributed by atoms with Crippen molar-refractivity contribution >= 4 is 44.6 Å². The number of carbonyl (C=O) groups excluding carboxylic acids is 1. The van der Waals surface area contributed by atoms with Crippen LogP contribution >= 0.6 is 22.9 Å². The van der Waals surface area contributed by atoms with E-state index in [9.17, 15) is 13.6 Å². The van der Waals surface area contributed by atoms with Crippen molar-refractivity contribution in [3.05, 3.63) is 64.0 Å². The number of benzene rings is 2. The van der Waals surface area contributed by atoms with Crippen LogP contribution in [-0.4, -0.2) is 5.91 Å². The van der Waals surface area contributed by atoms with Crippen molar-refractivity contribution < 1.29 is 13.6 Å². The van der Waals surface area contributed by atoms with Gasteiger partial charge in [-0.05, 0) is 30.3 Å².